The first-order valence-electron chi connectivity index (χ1n) is 12.9. The number of nitrogens with one attached hydrogen (secondary N) is 2. The number of hydrogen-bond donors (Lipinski definition) is 2. The molecule has 0 aliphatic carbocycles. The van der Waals surface area contributed by atoms with Crippen molar-refractivity contribution in [3.63, 3.8) is 0 Å². The number of hydrogen-bond acceptors (Lipinski definition) is 7. The molecular weight excluding hydrogens is 522 g/mol. The molecule has 1 saturated heterocycles. The standard InChI is InChI=1S/C28H35N3O7S/c1-3-23(25(33)28(35)29-19-20-10-6-4-7-11-20)30-27(34)22(18-24(32)31-14-16-38-17-15-31)26(39(2,36)37)21-12-8-5-9-13-21/h4-13,22-23,26H,3,14-19H2,1-2H3,(H,29,35)(H,30,34)/t22?,23-,26?/m0/s1. The fourth-order valence-electron chi connectivity index (χ4n) is 4.54. The molecule has 2 unspecified atom stereocenters. The first-order valence-corrected chi connectivity index (χ1v) is 14.8. The molecule has 1 fully saturated rings. The molecule has 2 N–H and O–H groups in total. The van der Waals surface area contributed by atoms with Gasteiger partial charge in [-0.05, 0) is 17.5 Å². The van der Waals surface area contributed by atoms with E-state index in [1.54, 1.807) is 49.4 Å². The van der Waals surface area contributed by atoms with E-state index in [9.17, 15) is 27.6 Å². The van der Waals surface area contributed by atoms with Gasteiger partial charge in [-0.25, -0.2) is 8.42 Å². The lowest BCUT2D eigenvalue weighted by atomic mass is 9.93. The summed E-state index contributed by atoms with van der Waals surface area (Å²) in [6.45, 7) is 3.13. The molecular formula is C28H35N3O7S. The van der Waals surface area contributed by atoms with E-state index in [1.165, 1.54) is 4.90 Å². The Labute approximate surface area is 229 Å². The van der Waals surface area contributed by atoms with Crippen LogP contribution < -0.4 is 10.6 Å². The fraction of sp³-hybridized carbons (Fsp3) is 0.429. The van der Waals surface area contributed by atoms with Gasteiger partial charge < -0.3 is 20.3 Å². The van der Waals surface area contributed by atoms with Crippen LogP contribution in [-0.4, -0.2) is 75.4 Å². The predicted octanol–water partition coefficient (Wildman–Crippen LogP) is 1.42. The molecule has 0 aromatic heterocycles. The lowest BCUT2D eigenvalue weighted by molar-refractivity contribution is -0.142. The number of ether oxygens (including phenoxy) is 1. The van der Waals surface area contributed by atoms with Crippen molar-refractivity contribution in [1.82, 2.24) is 15.5 Å². The van der Waals surface area contributed by atoms with E-state index in [0.29, 0.717) is 31.9 Å². The minimum atomic E-state index is -3.88. The van der Waals surface area contributed by atoms with Crippen LogP contribution in [0.1, 0.15) is 36.1 Å². The number of carbonyl (C=O) groups excluding carboxylic acids is 4. The quantitative estimate of drug-likeness (QED) is 0.376. The van der Waals surface area contributed by atoms with Crippen LogP contribution in [0.25, 0.3) is 0 Å². The van der Waals surface area contributed by atoms with Crippen molar-refractivity contribution in [3.8, 4) is 0 Å². The summed E-state index contributed by atoms with van der Waals surface area (Å²) in [7, 11) is -3.88. The van der Waals surface area contributed by atoms with E-state index in [4.69, 9.17) is 4.74 Å². The molecule has 39 heavy (non-hydrogen) atoms. The maximum atomic E-state index is 13.6. The third-order valence-electron chi connectivity index (χ3n) is 6.61. The SMILES string of the molecule is CC[C@H](NC(=O)C(CC(=O)N1CCOCC1)C(c1ccccc1)S(C)(=O)=O)C(=O)C(=O)NCc1ccccc1. The number of morpholine rings is 1. The van der Waals surface area contributed by atoms with Crippen LogP contribution in [0.3, 0.4) is 0 Å². The zero-order valence-electron chi connectivity index (χ0n) is 22.2. The van der Waals surface area contributed by atoms with Gasteiger partial charge in [0, 0.05) is 32.3 Å². The molecule has 0 saturated carbocycles. The summed E-state index contributed by atoms with van der Waals surface area (Å²) in [6.07, 6.45) is 0.731. The highest BCUT2D eigenvalue weighted by Crippen LogP contribution is 2.33. The largest absolute Gasteiger partial charge is 0.378 e. The van der Waals surface area contributed by atoms with Gasteiger partial charge in [0.1, 0.15) is 0 Å². The summed E-state index contributed by atoms with van der Waals surface area (Å²) < 4.78 is 31.3. The number of sulfone groups is 1. The van der Waals surface area contributed by atoms with Crippen LogP contribution in [0.2, 0.25) is 0 Å². The number of benzene rings is 2. The van der Waals surface area contributed by atoms with Crippen LogP contribution >= 0.6 is 0 Å². The van der Waals surface area contributed by atoms with Crippen LogP contribution in [-0.2, 0) is 40.3 Å². The van der Waals surface area contributed by atoms with Crippen LogP contribution in [0.15, 0.2) is 60.7 Å². The minimum Gasteiger partial charge on any atom is -0.378 e. The number of ketones is 1. The van der Waals surface area contributed by atoms with Gasteiger partial charge in [0.2, 0.25) is 17.6 Å². The summed E-state index contributed by atoms with van der Waals surface area (Å²) in [6, 6.07) is 16.1. The summed E-state index contributed by atoms with van der Waals surface area (Å²) >= 11 is 0. The van der Waals surface area contributed by atoms with Gasteiger partial charge in [-0.3, -0.25) is 19.2 Å². The van der Waals surface area contributed by atoms with Crippen molar-refractivity contribution in [2.24, 2.45) is 5.92 Å². The zero-order valence-corrected chi connectivity index (χ0v) is 23.0. The highest BCUT2D eigenvalue weighted by molar-refractivity contribution is 7.91. The molecule has 0 radical (unpaired) electrons. The molecule has 1 aliphatic rings. The maximum absolute atomic E-state index is 13.6. The van der Waals surface area contributed by atoms with Crippen LogP contribution in [0.4, 0.5) is 0 Å². The molecule has 3 amide bonds. The second-order valence-electron chi connectivity index (χ2n) is 9.47. The zero-order chi connectivity index (χ0) is 28.4. The van der Waals surface area contributed by atoms with Gasteiger partial charge in [-0.15, -0.1) is 0 Å². The molecule has 3 rings (SSSR count). The molecule has 1 aliphatic heterocycles. The maximum Gasteiger partial charge on any atom is 0.289 e. The molecule has 3 atom stereocenters. The van der Waals surface area contributed by atoms with Crippen molar-refractivity contribution in [2.75, 3.05) is 32.6 Å². The van der Waals surface area contributed by atoms with E-state index >= 15 is 0 Å². The van der Waals surface area contributed by atoms with Crippen molar-refractivity contribution >= 4 is 33.3 Å². The predicted molar refractivity (Wildman–Crippen MR) is 145 cm³/mol. The van der Waals surface area contributed by atoms with Gasteiger partial charge in [-0.2, -0.15) is 0 Å². The van der Waals surface area contributed by atoms with Crippen LogP contribution in [0, 0.1) is 5.92 Å². The van der Waals surface area contributed by atoms with Gasteiger partial charge >= 0.3 is 0 Å². The molecule has 1 heterocycles. The summed E-state index contributed by atoms with van der Waals surface area (Å²) in [5.74, 6) is -4.22. The second kappa shape index (κ2) is 14.0. The monoisotopic (exact) mass is 557 g/mol. The van der Waals surface area contributed by atoms with E-state index in [-0.39, 0.29) is 25.3 Å². The molecule has 11 heteroatoms. The first kappa shape index (κ1) is 30.0. The average molecular weight is 558 g/mol. The lowest BCUT2D eigenvalue weighted by Crippen LogP contribution is -2.51. The Bertz CT molecular complexity index is 1250. The second-order valence-corrected chi connectivity index (χ2v) is 11.6. The summed E-state index contributed by atoms with van der Waals surface area (Å²) in [4.78, 5) is 53.8. The molecule has 210 valence electrons. The normalized spacial score (nSPS) is 16.0. The molecule has 10 nitrogen and oxygen atoms in total. The third kappa shape index (κ3) is 8.46. The third-order valence-corrected chi connectivity index (χ3v) is 8.13. The highest BCUT2D eigenvalue weighted by Gasteiger charge is 2.40. The number of carbonyl (C=O) groups is 4. The molecule has 0 bridgehead atoms. The van der Waals surface area contributed by atoms with Crippen molar-refractivity contribution in [2.45, 2.75) is 37.6 Å². The van der Waals surface area contributed by atoms with Gasteiger partial charge in [0.05, 0.1) is 30.4 Å². The smallest absolute Gasteiger partial charge is 0.289 e. The highest BCUT2D eigenvalue weighted by atomic mass is 32.2. The number of nitrogens with zero attached hydrogens (tertiary/aromatic N) is 1. The fourth-order valence-corrected chi connectivity index (χ4v) is 6.01. The number of amides is 3. The number of rotatable bonds is 12. The van der Waals surface area contributed by atoms with E-state index < -0.39 is 44.6 Å². The van der Waals surface area contributed by atoms with Crippen molar-refractivity contribution < 1.29 is 32.3 Å². The van der Waals surface area contributed by atoms with E-state index in [0.717, 1.165) is 11.8 Å². The molecule has 0 spiro atoms. The summed E-state index contributed by atoms with van der Waals surface area (Å²) in [5, 5.41) is 3.79. The Kier molecular flexibility index (Phi) is 10.8. The molecule has 2 aromatic carbocycles. The van der Waals surface area contributed by atoms with E-state index in [2.05, 4.69) is 10.6 Å². The topological polar surface area (TPSA) is 139 Å². The average Bonchev–Trinajstić information content (AvgIpc) is 2.94. The van der Waals surface area contributed by atoms with Gasteiger partial charge in [0.25, 0.3) is 5.91 Å². The summed E-state index contributed by atoms with van der Waals surface area (Å²) in [5.41, 5.74) is 1.16. The Morgan fingerprint density at radius 1 is 0.949 bits per heavy atom. The van der Waals surface area contributed by atoms with E-state index in [1.807, 2.05) is 18.2 Å². The van der Waals surface area contributed by atoms with Gasteiger partial charge in [-0.1, -0.05) is 67.6 Å². The Hall–Kier alpha value is -3.57. The number of Topliss-reactive ketones (excluding diaryl/α,β-unsaturated/α-hetero) is 1. The lowest BCUT2D eigenvalue weighted by Gasteiger charge is -2.31. The Balaban J connectivity index is 1.83. The van der Waals surface area contributed by atoms with Crippen LogP contribution in [0.5, 0.6) is 0 Å². The van der Waals surface area contributed by atoms with Gasteiger partial charge in [0.15, 0.2) is 9.84 Å². The molecule has 2 aromatic rings. The Morgan fingerprint density at radius 3 is 2.10 bits per heavy atom. The van der Waals surface area contributed by atoms with Crippen molar-refractivity contribution in [1.29, 1.82) is 0 Å². The first-order chi connectivity index (χ1) is 18.6. The Morgan fingerprint density at radius 2 is 1.54 bits per heavy atom. The minimum absolute atomic E-state index is 0.0995. The van der Waals surface area contributed by atoms with Crippen molar-refractivity contribution in [3.05, 3.63) is 71.8 Å².